The van der Waals surface area contributed by atoms with E-state index in [1.54, 1.807) is 11.4 Å². The highest BCUT2D eigenvalue weighted by Crippen LogP contribution is 2.60. The van der Waals surface area contributed by atoms with Crippen molar-refractivity contribution in [1.29, 1.82) is 0 Å². The van der Waals surface area contributed by atoms with Crippen LogP contribution in [0, 0.1) is 11.3 Å². The van der Waals surface area contributed by atoms with Gasteiger partial charge in [0.05, 0.1) is 22.3 Å². The van der Waals surface area contributed by atoms with Gasteiger partial charge in [0.2, 0.25) is 10.0 Å². The SMILES string of the molecule is CCOC1(OCC)C[C@@H](S(=O)(=O)N2CCC[C@H]2C(C)(C)OC)[C@@H]2CCCC(=O)[C@@]21C. The molecule has 1 heterocycles. The van der Waals surface area contributed by atoms with E-state index in [9.17, 15) is 13.2 Å². The van der Waals surface area contributed by atoms with Gasteiger partial charge in [-0.15, -0.1) is 0 Å². The molecule has 0 unspecified atom stereocenters. The van der Waals surface area contributed by atoms with E-state index in [0.29, 0.717) is 39.0 Å². The summed E-state index contributed by atoms with van der Waals surface area (Å²) in [6.07, 6.45) is 3.64. The van der Waals surface area contributed by atoms with E-state index < -0.39 is 32.1 Å². The van der Waals surface area contributed by atoms with Crippen molar-refractivity contribution in [1.82, 2.24) is 4.31 Å². The number of carbonyl (C=O) groups excluding carboxylic acids is 1. The third-order valence-corrected chi connectivity index (χ3v) is 10.3. The first-order valence-corrected chi connectivity index (χ1v) is 12.9. The average Bonchev–Trinajstić information content (AvgIpc) is 3.28. The summed E-state index contributed by atoms with van der Waals surface area (Å²) < 4.78 is 47.7. The van der Waals surface area contributed by atoms with Gasteiger partial charge in [0.25, 0.3) is 0 Å². The molecule has 1 aliphatic heterocycles. The molecule has 1 saturated heterocycles. The lowest BCUT2D eigenvalue weighted by atomic mass is 9.66. The standard InChI is InChI=1S/C22H39NO6S/c1-7-28-22(29-8-2)15-17(16-11-9-13-19(24)21(16,22)5)30(25,26)23-14-10-12-18(23)20(3,4)27-6/h16-18H,7-15H2,1-6H3/t16-,17+,18-,21+/m0/s1. The molecule has 0 spiro atoms. The summed E-state index contributed by atoms with van der Waals surface area (Å²) in [4.78, 5) is 13.2. The zero-order valence-corrected chi connectivity index (χ0v) is 20.2. The van der Waals surface area contributed by atoms with Crippen LogP contribution in [0.3, 0.4) is 0 Å². The van der Waals surface area contributed by atoms with Crippen LogP contribution < -0.4 is 0 Å². The number of fused-ring (bicyclic) bond motifs is 1. The first-order chi connectivity index (χ1) is 14.0. The second-order valence-electron chi connectivity index (χ2n) is 9.61. The van der Waals surface area contributed by atoms with Gasteiger partial charge >= 0.3 is 0 Å². The average molecular weight is 446 g/mol. The largest absolute Gasteiger partial charge is 0.377 e. The van der Waals surface area contributed by atoms with Crippen LogP contribution in [0.1, 0.15) is 73.1 Å². The lowest BCUT2D eigenvalue weighted by molar-refractivity contribution is -0.280. The van der Waals surface area contributed by atoms with E-state index in [2.05, 4.69) is 0 Å². The van der Waals surface area contributed by atoms with Crippen molar-refractivity contribution in [3.63, 3.8) is 0 Å². The zero-order valence-electron chi connectivity index (χ0n) is 19.4. The Bertz CT molecular complexity index is 745. The minimum absolute atomic E-state index is 0.0635. The molecule has 7 nitrogen and oxygen atoms in total. The Balaban J connectivity index is 2.06. The smallest absolute Gasteiger partial charge is 0.217 e. The quantitative estimate of drug-likeness (QED) is 0.534. The normalized spacial score (nSPS) is 35.0. The topological polar surface area (TPSA) is 82.1 Å². The second-order valence-corrected chi connectivity index (χ2v) is 11.7. The number of carbonyl (C=O) groups is 1. The number of Topliss-reactive ketones (excluding diaryl/α,β-unsaturated/α-hetero) is 1. The molecule has 0 amide bonds. The van der Waals surface area contributed by atoms with Crippen LogP contribution in [0.5, 0.6) is 0 Å². The van der Waals surface area contributed by atoms with Crippen molar-refractivity contribution in [2.24, 2.45) is 11.3 Å². The van der Waals surface area contributed by atoms with E-state index in [-0.39, 0.29) is 24.2 Å². The number of sulfonamides is 1. The number of hydrogen-bond donors (Lipinski definition) is 0. The Morgan fingerprint density at radius 1 is 1.13 bits per heavy atom. The number of rotatable bonds is 8. The van der Waals surface area contributed by atoms with Crippen LogP contribution in [-0.4, -0.2) is 68.1 Å². The van der Waals surface area contributed by atoms with E-state index in [4.69, 9.17) is 14.2 Å². The maximum atomic E-state index is 14.1. The minimum atomic E-state index is -3.68. The second kappa shape index (κ2) is 8.43. The third kappa shape index (κ3) is 3.47. The molecule has 3 fully saturated rings. The van der Waals surface area contributed by atoms with E-state index in [1.807, 2.05) is 34.6 Å². The predicted octanol–water partition coefficient (Wildman–Crippen LogP) is 3.12. The molecule has 2 saturated carbocycles. The maximum Gasteiger partial charge on any atom is 0.217 e. The van der Waals surface area contributed by atoms with Gasteiger partial charge in [0, 0.05) is 39.7 Å². The highest BCUT2D eigenvalue weighted by molar-refractivity contribution is 7.89. The highest BCUT2D eigenvalue weighted by atomic mass is 32.2. The lowest BCUT2D eigenvalue weighted by Gasteiger charge is -2.46. The molecule has 8 heteroatoms. The van der Waals surface area contributed by atoms with Gasteiger partial charge in [-0.3, -0.25) is 4.79 Å². The molecule has 3 aliphatic rings. The Kier molecular flexibility index (Phi) is 6.77. The van der Waals surface area contributed by atoms with Crippen LogP contribution in [0.2, 0.25) is 0 Å². The summed E-state index contributed by atoms with van der Waals surface area (Å²) in [6, 6.07) is -0.216. The fourth-order valence-electron chi connectivity index (χ4n) is 6.20. The van der Waals surface area contributed by atoms with Crippen LogP contribution in [0.4, 0.5) is 0 Å². The first kappa shape index (κ1) is 24.1. The van der Waals surface area contributed by atoms with Crippen LogP contribution in [0.25, 0.3) is 0 Å². The van der Waals surface area contributed by atoms with Gasteiger partial charge in [0.15, 0.2) is 5.79 Å². The molecule has 174 valence electrons. The molecule has 2 aliphatic carbocycles. The predicted molar refractivity (Wildman–Crippen MR) is 115 cm³/mol. The van der Waals surface area contributed by atoms with Gasteiger partial charge in [0.1, 0.15) is 5.78 Å². The van der Waals surface area contributed by atoms with Crippen molar-refractivity contribution in [3.05, 3.63) is 0 Å². The van der Waals surface area contributed by atoms with Crippen molar-refractivity contribution in [2.75, 3.05) is 26.9 Å². The Hall–Kier alpha value is -0.540. The lowest BCUT2D eigenvalue weighted by Crippen LogP contribution is -2.56. The van der Waals surface area contributed by atoms with Crippen molar-refractivity contribution >= 4 is 15.8 Å². The number of methoxy groups -OCH3 is 1. The molecule has 0 aromatic heterocycles. The summed E-state index contributed by atoms with van der Waals surface area (Å²) in [5.74, 6) is -1.44. The van der Waals surface area contributed by atoms with Gasteiger partial charge in [-0.05, 0) is 66.2 Å². The summed E-state index contributed by atoms with van der Waals surface area (Å²) in [5.41, 5.74) is -1.54. The number of ether oxygens (including phenoxy) is 3. The van der Waals surface area contributed by atoms with Crippen LogP contribution in [0.15, 0.2) is 0 Å². The van der Waals surface area contributed by atoms with E-state index >= 15 is 0 Å². The molecule has 4 atom stereocenters. The number of ketones is 1. The molecule has 0 N–H and O–H groups in total. The van der Waals surface area contributed by atoms with Crippen LogP contribution in [-0.2, 0) is 29.0 Å². The number of hydrogen-bond acceptors (Lipinski definition) is 6. The van der Waals surface area contributed by atoms with Gasteiger partial charge in [-0.1, -0.05) is 0 Å². The number of nitrogens with zero attached hydrogens (tertiary/aromatic N) is 1. The Morgan fingerprint density at radius 2 is 1.77 bits per heavy atom. The Morgan fingerprint density at radius 3 is 2.33 bits per heavy atom. The van der Waals surface area contributed by atoms with Crippen molar-refractivity contribution in [3.8, 4) is 0 Å². The maximum absolute atomic E-state index is 14.1. The van der Waals surface area contributed by atoms with Crippen molar-refractivity contribution in [2.45, 2.75) is 95.8 Å². The van der Waals surface area contributed by atoms with E-state index in [0.717, 1.165) is 12.8 Å². The molecule has 0 aromatic carbocycles. The Labute approximate surface area is 181 Å². The van der Waals surface area contributed by atoms with Crippen LogP contribution >= 0.6 is 0 Å². The van der Waals surface area contributed by atoms with Gasteiger partial charge < -0.3 is 14.2 Å². The molecule has 3 rings (SSSR count). The minimum Gasteiger partial charge on any atom is -0.377 e. The highest BCUT2D eigenvalue weighted by Gasteiger charge is 2.70. The molecule has 0 radical (unpaired) electrons. The molecule has 0 bridgehead atoms. The molecular weight excluding hydrogens is 406 g/mol. The molecular formula is C22H39NO6S. The monoisotopic (exact) mass is 445 g/mol. The summed E-state index contributed by atoms with van der Waals surface area (Å²) in [6.45, 7) is 10.7. The molecule has 0 aromatic rings. The zero-order chi connectivity index (χ0) is 22.4. The van der Waals surface area contributed by atoms with E-state index in [1.165, 1.54) is 0 Å². The van der Waals surface area contributed by atoms with Crippen molar-refractivity contribution < 1.29 is 27.4 Å². The first-order valence-electron chi connectivity index (χ1n) is 11.4. The van der Waals surface area contributed by atoms with Gasteiger partial charge in [-0.2, -0.15) is 4.31 Å². The molecule has 30 heavy (non-hydrogen) atoms. The summed E-state index contributed by atoms with van der Waals surface area (Å²) in [7, 11) is -2.05. The fraction of sp³-hybridized carbons (Fsp3) is 0.955. The summed E-state index contributed by atoms with van der Waals surface area (Å²) >= 11 is 0. The fourth-order valence-corrected chi connectivity index (χ4v) is 8.90. The van der Waals surface area contributed by atoms with Gasteiger partial charge in [-0.25, -0.2) is 8.42 Å². The third-order valence-electron chi connectivity index (χ3n) is 7.95. The summed E-state index contributed by atoms with van der Waals surface area (Å²) in [5, 5.41) is -0.696.